The monoisotopic (exact) mass is 748 g/mol. The van der Waals surface area contributed by atoms with Crippen molar-refractivity contribution < 1.29 is 0 Å². The van der Waals surface area contributed by atoms with Crippen LogP contribution < -0.4 is 4.90 Å². The van der Waals surface area contributed by atoms with Crippen molar-refractivity contribution in [1.82, 2.24) is 15.0 Å². The van der Waals surface area contributed by atoms with Crippen molar-refractivity contribution in [1.29, 1.82) is 0 Å². The van der Waals surface area contributed by atoms with Gasteiger partial charge in [-0.05, 0) is 70.2 Å². The van der Waals surface area contributed by atoms with Crippen molar-refractivity contribution >= 4 is 48.5 Å². The average molecular weight is 749 g/mol. The molecule has 9 aromatic rings. The molecule has 0 saturated heterocycles. The highest BCUT2D eigenvalue weighted by Crippen LogP contribution is 2.55. The van der Waals surface area contributed by atoms with Crippen LogP contribution in [0.1, 0.15) is 24.0 Å². The summed E-state index contributed by atoms with van der Waals surface area (Å²) in [7, 11) is 0. The lowest BCUT2D eigenvalue weighted by Crippen LogP contribution is -2.19. The predicted octanol–water partition coefficient (Wildman–Crippen LogP) is 13.8. The molecule has 0 bridgehead atoms. The van der Waals surface area contributed by atoms with Gasteiger partial charge in [0.1, 0.15) is 0 Å². The average Bonchev–Trinajstić information content (AvgIpc) is 3.84. The van der Waals surface area contributed by atoms with Gasteiger partial charge in [0.2, 0.25) is 0 Å². The smallest absolute Gasteiger partial charge is 0.165 e. The van der Waals surface area contributed by atoms with Gasteiger partial charge in [0.15, 0.2) is 17.5 Å². The molecule has 0 spiro atoms. The van der Waals surface area contributed by atoms with Gasteiger partial charge in [0, 0.05) is 59.9 Å². The molecule has 5 heteroatoms. The number of thiophene rings is 1. The summed E-state index contributed by atoms with van der Waals surface area (Å²) in [6.07, 6.45) is 4.94. The van der Waals surface area contributed by atoms with Gasteiger partial charge in [-0.2, -0.15) is 0 Å². The van der Waals surface area contributed by atoms with Crippen molar-refractivity contribution in [3.63, 3.8) is 0 Å². The first-order valence-electron chi connectivity index (χ1n) is 19.5. The van der Waals surface area contributed by atoms with E-state index in [0.29, 0.717) is 17.5 Å². The van der Waals surface area contributed by atoms with Gasteiger partial charge in [-0.3, -0.25) is 0 Å². The lowest BCUT2D eigenvalue weighted by Gasteiger charge is -2.30. The molecule has 2 aliphatic rings. The maximum atomic E-state index is 5.12. The molecule has 2 aromatic heterocycles. The molecule has 0 fully saturated rings. The molecule has 7 aromatic carbocycles. The van der Waals surface area contributed by atoms with Crippen LogP contribution in [0, 0.1) is 5.92 Å². The molecule has 1 aliphatic carbocycles. The van der Waals surface area contributed by atoms with Crippen LogP contribution in [0.3, 0.4) is 0 Å². The largest absolute Gasteiger partial charge is 0.313 e. The number of rotatable bonds is 6. The summed E-state index contributed by atoms with van der Waals surface area (Å²) in [5.41, 5.74) is 13.0. The zero-order valence-electron chi connectivity index (χ0n) is 31.2. The van der Waals surface area contributed by atoms with E-state index in [1.165, 1.54) is 65.1 Å². The molecule has 3 heterocycles. The third kappa shape index (κ3) is 5.70. The second-order valence-corrected chi connectivity index (χ2v) is 15.9. The Balaban J connectivity index is 1.06. The number of benzene rings is 7. The zero-order valence-corrected chi connectivity index (χ0v) is 32.1. The van der Waals surface area contributed by atoms with E-state index < -0.39 is 0 Å². The highest BCUT2D eigenvalue weighted by Gasteiger charge is 2.39. The fraction of sp³-hybridized carbons (Fsp3) is 0.0577. The third-order valence-electron chi connectivity index (χ3n) is 11.3. The highest BCUT2D eigenvalue weighted by atomic mass is 32.1. The Hall–Kier alpha value is -6.95. The summed E-state index contributed by atoms with van der Waals surface area (Å²) < 4.78 is 2.42. The van der Waals surface area contributed by atoms with Gasteiger partial charge in [0.25, 0.3) is 0 Å². The highest BCUT2D eigenvalue weighted by molar-refractivity contribution is 7.26. The Bertz CT molecular complexity index is 2980. The van der Waals surface area contributed by atoms with Crippen molar-refractivity contribution in [3.8, 4) is 45.3 Å². The van der Waals surface area contributed by atoms with Crippen LogP contribution in [0.25, 0.3) is 71.0 Å². The first-order chi connectivity index (χ1) is 28.2. The summed E-state index contributed by atoms with van der Waals surface area (Å²) in [5, 5.41) is 2.48. The molecule has 0 radical (unpaired) electrons. The number of allylic oxidation sites excluding steroid dienone is 4. The van der Waals surface area contributed by atoms with Crippen LogP contribution in [0.5, 0.6) is 0 Å². The minimum absolute atomic E-state index is 0.261. The van der Waals surface area contributed by atoms with Crippen LogP contribution >= 0.6 is 11.3 Å². The van der Waals surface area contributed by atoms with E-state index in [1.54, 1.807) is 0 Å². The van der Waals surface area contributed by atoms with Crippen LogP contribution in [0.2, 0.25) is 0 Å². The first-order valence-corrected chi connectivity index (χ1v) is 20.3. The van der Waals surface area contributed by atoms with E-state index in [2.05, 4.69) is 164 Å². The molecule has 2 unspecified atom stereocenters. The van der Waals surface area contributed by atoms with Gasteiger partial charge < -0.3 is 4.90 Å². The second-order valence-electron chi connectivity index (χ2n) is 14.8. The molecule has 57 heavy (non-hydrogen) atoms. The summed E-state index contributed by atoms with van der Waals surface area (Å²) >= 11 is 1.81. The predicted molar refractivity (Wildman–Crippen MR) is 237 cm³/mol. The molecule has 0 saturated carbocycles. The van der Waals surface area contributed by atoms with Crippen molar-refractivity contribution in [3.05, 3.63) is 205 Å². The van der Waals surface area contributed by atoms with E-state index in [4.69, 9.17) is 15.0 Å². The minimum Gasteiger partial charge on any atom is -0.313 e. The fourth-order valence-corrected chi connectivity index (χ4v) is 10.0. The number of fused-ring (bicyclic) bond motifs is 6. The molecule has 4 nitrogen and oxygen atoms in total. The Morgan fingerprint density at radius 1 is 0.526 bits per heavy atom. The normalized spacial score (nSPS) is 16.0. The quantitative estimate of drug-likeness (QED) is 0.170. The van der Waals surface area contributed by atoms with E-state index >= 15 is 0 Å². The summed E-state index contributed by atoms with van der Waals surface area (Å²) in [6.45, 7) is 2.37. The van der Waals surface area contributed by atoms with Crippen molar-refractivity contribution in [2.24, 2.45) is 5.92 Å². The van der Waals surface area contributed by atoms with Gasteiger partial charge in [-0.25, -0.2) is 15.0 Å². The standard InChI is InChI=1S/C52H36N4S/c1-33-30-38(32-45-47(33)41-24-11-12-28-44(41)56(45)39-23-13-22-37(31-39)34-16-5-2-6-17-34)40-25-15-29-46-48(40)42-26-14-27-43(49(42)57-46)52-54-50(35-18-7-3-8-19-35)53-51(55-52)36-20-9-4-10-21-36/h2-33,47H,1H3. The number of aromatic nitrogens is 3. The van der Waals surface area contributed by atoms with E-state index in [1.807, 2.05) is 47.7 Å². The van der Waals surface area contributed by atoms with Crippen molar-refractivity contribution in [2.75, 3.05) is 4.90 Å². The zero-order chi connectivity index (χ0) is 37.9. The molecular weight excluding hydrogens is 713 g/mol. The molecule has 2 atom stereocenters. The van der Waals surface area contributed by atoms with Gasteiger partial charge in [0.05, 0.1) is 0 Å². The van der Waals surface area contributed by atoms with Crippen molar-refractivity contribution in [2.45, 2.75) is 12.8 Å². The van der Waals surface area contributed by atoms with E-state index in [-0.39, 0.29) is 11.8 Å². The maximum absolute atomic E-state index is 5.12. The molecule has 0 N–H and O–H groups in total. The third-order valence-corrected chi connectivity index (χ3v) is 12.6. The van der Waals surface area contributed by atoms with Crippen LogP contribution in [0.15, 0.2) is 194 Å². The molecule has 270 valence electrons. The van der Waals surface area contributed by atoms with Gasteiger partial charge >= 0.3 is 0 Å². The number of anilines is 2. The van der Waals surface area contributed by atoms with Crippen LogP contribution in [-0.2, 0) is 0 Å². The molecule has 11 rings (SSSR count). The van der Waals surface area contributed by atoms with E-state index in [9.17, 15) is 0 Å². The Morgan fingerprint density at radius 3 is 1.86 bits per heavy atom. The Kier molecular flexibility index (Phi) is 8.00. The first kappa shape index (κ1) is 33.4. The topological polar surface area (TPSA) is 41.9 Å². The van der Waals surface area contributed by atoms with Gasteiger partial charge in [-0.1, -0.05) is 159 Å². The maximum Gasteiger partial charge on any atom is 0.165 e. The number of para-hydroxylation sites is 1. The lowest BCUT2D eigenvalue weighted by atomic mass is 9.80. The molecule has 1 aliphatic heterocycles. The minimum atomic E-state index is 0.261. The Labute approximate surface area is 335 Å². The summed E-state index contributed by atoms with van der Waals surface area (Å²) in [4.78, 5) is 17.7. The number of nitrogens with zero attached hydrogens (tertiary/aromatic N) is 4. The number of hydrogen-bond donors (Lipinski definition) is 0. The van der Waals surface area contributed by atoms with Crippen LogP contribution in [-0.4, -0.2) is 15.0 Å². The fourth-order valence-electron chi connectivity index (χ4n) is 8.79. The molecular formula is C52H36N4S. The number of hydrogen-bond acceptors (Lipinski definition) is 5. The SMILES string of the molecule is CC1C=C(c2cccc3sc4c(-c5nc(-c6ccccc6)nc(-c6ccccc6)n5)cccc4c23)C=C2C1c1ccccc1N2c1cccc(-c2ccccc2)c1. The lowest BCUT2D eigenvalue weighted by molar-refractivity contribution is 0.621. The molecule has 0 amide bonds. The summed E-state index contributed by atoms with van der Waals surface area (Å²) in [6, 6.07) is 62.3. The Morgan fingerprint density at radius 2 is 1.12 bits per heavy atom. The summed E-state index contributed by atoms with van der Waals surface area (Å²) in [5.74, 6) is 2.55. The van der Waals surface area contributed by atoms with Gasteiger partial charge in [-0.15, -0.1) is 11.3 Å². The van der Waals surface area contributed by atoms with Crippen LogP contribution in [0.4, 0.5) is 11.4 Å². The van der Waals surface area contributed by atoms with E-state index in [0.717, 1.165) is 16.7 Å². The second kappa shape index (κ2) is 13.7.